The van der Waals surface area contributed by atoms with Crippen LogP contribution in [0.15, 0.2) is 57.4 Å². The molecule has 5 heteroatoms. The molecular formula is C18H16BrNO3. The smallest absolute Gasteiger partial charge is 0.291 e. The summed E-state index contributed by atoms with van der Waals surface area (Å²) in [5.74, 6) is 0.00517. The molecule has 23 heavy (non-hydrogen) atoms. The Kier molecular flexibility index (Phi) is 4.79. The quantitative estimate of drug-likeness (QED) is 0.685. The summed E-state index contributed by atoms with van der Waals surface area (Å²) in [7, 11) is 0. The van der Waals surface area contributed by atoms with Crippen LogP contribution >= 0.6 is 15.9 Å². The van der Waals surface area contributed by atoms with E-state index in [1.165, 1.54) is 0 Å². The number of hydrogen-bond acceptors (Lipinski definition) is 3. The van der Waals surface area contributed by atoms with Gasteiger partial charge in [0, 0.05) is 27.7 Å². The van der Waals surface area contributed by atoms with Gasteiger partial charge in [0.1, 0.15) is 5.58 Å². The van der Waals surface area contributed by atoms with Gasteiger partial charge >= 0.3 is 0 Å². The van der Waals surface area contributed by atoms with E-state index in [-0.39, 0.29) is 11.7 Å². The fourth-order valence-electron chi connectivity index (χ4n) is 2.29. The summed E-state index contributed by atoms with van der Waals surface area (Å²) in [5.41, 5.74) is 2.34. The number of halogens is 1. The molecule has 3 aromatic rings. The van der Waals surface area contributed by atoms with Crippen molar-refractivity contribution in [3.8, 4) is 0 Å². The first kappa shape index (κ1) is 15.8. The van der Waals surface area contributed by atoms with Crippen LogP contribution in [0.2, 0.25) is 0 Å². The second kappa shape index (κ2) is 6.98. The zero-order valence-corrected chi connectivity index (χ0v) is 14.2. The number of para-hydroxylation sites is 1. The van der Waals surface area contributed by atoms with Gasteiger partial charge in [-0.2, -0.15) is 0 Å². The number of rotatable bonds is 5. The molecule has 4 nitrogen and oxygen atoms in total. The summed E-state index contributed by atoms with van der Waals surface area (Å²) in [4.78, 5) is 12.4. The Bertz CT molecular complexity index is 841. The Morgan fingerprint density at radius 1 is 1.22 bits per heavy atom. The third-order valence-electron chi connectivity index (χ3n) is 3.43. The topological polar surface area (TPSA) is 51.5 Å². The molecule has 0 aliphatic rings. The number of amides is 1. The first-order chi connectivity index (χ1) is 11.2. The lowest BCUT2D eigenvalue weighted by Crippen LogP contribution is -2.12. The maximum Gasteiger partial charge on any atom is 0.291 e. The maximum absolute atomic E-state index is 12.4. The van der Waals surface area contributed by atoms with Gasteiger partial charge in [0.25, 0.3) is 5.91 Å². The summed E-state index contributed by atoms with van der Waals surface area (Å²) in [6.45, 7) is 3.02. The number of ether oxygens (including phenoxy) is 1. The molecule has 1 N–H and O–H groups in total. The highest BCUT2D eigenvalue weighted by molar-refractivity contribution is 9.10. The molecule has 0 radical (unpaired) electrons. The van der Waals surface area contributed by atoms with Gasteiger partial charge in [-0.25, -0.2) is 0 Å². The molecule has 0 bridgehead atoms. The van der Waals surface area contributed by atoms with Gasteiger partial charge in [0.05, 0.1) is 6.61 Å². The van der Waals surface area contributed by atoms with E-state index < -0.39 is 0 Å². The summed E-state index contributed by atoms with van der Waals surface area (Å²) in [6.07, 6.45) is 0. The third-order valence-corrected chi connectivity index (χ3v) is 3.92. The number of nitrogens with one attached hydrogen (secondary N) is 1. The van der Waals surface area contributed by atoms with Gasteiger partial charge in [-0.05, 0) is 37.3 Å². The first-order valence-electron chi connectivity index (χ1n) is 7.33. The minimum Gasteiger partial charge on any atom is -0.451 e. The van der Waals surface area contributed by atoms with E-state index in [2.05, 4.69) is 21.2 Å². The minimum absolute atomic E-state index is 0.277. The molecule has 2 aromatic carbocycles. The summed E-state index contributed by atoms with van der Waals surface area (Å²) < 4.78 is 12.0. The van der Waals surface area contributed by atoms with Crippen LogP contribution in [0.3, 0.4) is 0 Å². The molecule has 0 aliphatic carbocycles. The molecule has 118 valence electrons. The predicted octanol–water partition coefficient (Wildman–Crippen LogP) is 4.98. The fourth-order valence-corrected chi connectivity index (χ4v) is 2.67. The molecule has 1 amide bonds. The van der Waals surface area contributed by atoms with Crippen molar-refractivity contribution in [1.82, 2.24) is 0 Å². The Morgan fingerprint density at radius 3 is 2.87 bits per heavy atom. The van der Waals surface area contributed by atoms with Crippen molar-refractivity contribution in [2.24, 2.45) is 0 Å². The van der Waals surface area contributed by atoms with Gasteiger partial charge in [0.2, 0.25) is 0 Å². The molecule has 0 aliphatic heterocycles. The van der Waals surface area contributed by atoms with Gasteiger partial charge in [-0.1, -0.05) is 34.1 Å². The molecule has 0 saturated carbocycles. The molecule has 0 unspecified atom stereocenters. The summed E-state index contributed by atoms with van der Waals surface area (Å²) >= 11 is 3.41. The Balaban J connectivity index is 1.83. The van der Waals surface area contributed by atoms with E-state index in [4.69, 9.17) is 9.15 Å². The average molecular weight is 374 g/mol. The lowest BCUT2D eigenvalue weighted by atomic mass is 10.2. The number of carbonyl (C=O) groups excluding carboxylic acids is 1. The zero-order chi connectivity index (χ0) is 16.2. The van der Waals surface area contributed by atoms with E-state index in [9.17, 15) is 4.79 Å². The zero-order valence-electron chi connectivity index (χ0n) is 12.6. The predicted molar refractivity (Wildman–Crippen MR) is 93.6 cm³/mol. The summed E-state index contributed by atoms with van der Waals surface area (Å²) in [6, 6.07) is 14.9. The SMILES string of the molecule is CCOCc1ccccc1NC(=O)c1cc2cc(Br)ccc2o1. The average Bonchev–Trinajstić information content (AvgIpc) is 2.97. The van der Waals surface area contributed by atoms with Crippen LogP contribution in [-0.4, -0.2) is 12.5 Å². The standard InChI is InChI=1S/C18H16BrNO3/c1-2-22-11-12-5-3-4-6-15(12)20-18(21)17-10-13-9-14(19)7-8-16(13)23-17/h3-10H,2,11H2,1H3,(H,20,21). The van der Waals surface area contributed by atoms with E-state index >= 15 is 0 Å². The number of furan rings is 1. The molecule has 0 saturated heterocycles. The molecule has 0 atom stereocenters. The first-order valence-corrected chi connectivity index (χ1v) is 8.13. The van der Waals surface area contributed by atoms with E-state index in [0.29, 0.717) is 18.8 Å². The van der Waals surface area contributed by atoms with Crippen LogP contribution < -0.4 is 5.32 Å². The molecule has 3 rings (SSSR count). The van der Waals surface area contributed by atoms with Crippen LogP contribution in [-0.2, 0) is 11.3 Å². The highest BCUT2D eigenvalue weighted by atomic mass is 79.9. The van der Waals surface area contributed by atoms with Crippen LogP contribution in [0.5, 0.6) is 0 Å². The normalized spacial score (nSPS) is 10.9. The highest BCUT2D eigenvalue weighted by Crippen LogP contribution is 2.24. The van der Waals surface area contributed by atoms with E-state index in [1.54, 1.807) is 6.07 Å². The summed E-state index contributed by atoms with van der Waals surface area (Å²) in [5, 5.41) is 3.77. The van der Waals surface area contributed by atoms with Crippen LogP contribution in [0.25, 0.3) is 11.0 Å². The number of carbonyl (C=O) groups is 1. The van der Waals surface area contributed by atoms with Crippen LogP contribution in [0.1, 0.15) is 23.0 Å². The second-order valence-corrected chi connectivity index (χ2v) is 5.96. The van der Waals surface area contributed by atoms with Crippen molar-refractivity contribution >= 4 is 38.5 Å². The van der Waals surface area contributed by atoms with Crippen molar-refractivity contribution in [1.29, 1.82) is 0 Å². The molecule has 0 spiro atoms. The van der Waals surface area contributed by atoms with E-state index in [0.717, 1.165) is 21.1 Å². The number of fused-ring (bicyclic) bond motifs is 1. The van der Waals surface area contributed by atoms with Gasteiger partial charge in [0.15, 0.2) is 5.76 Å². The lowest BCUT2D eigenvalue weighted by Gasteiger charge is -2.09. The number of anilines is 1. The van der Waals surface area contributed by atoms with Crippen molar-refractivity contribution in [2.45, 2.75) is 13.5 Å². The van der Waals surface area contributed by atoms with Crippen molar-refractivity contribution in [3.05, 3.63) is 64.3 Å². The third kappa shape index (κ3) is 3.63. The maximum atomic E-state index is 12.4. The molecule has 1 aromatic heterocycles. The van der Waals surface area contributed by atoms with Gasteiger partial charge < -0.3 is 14.5 Å². The van der Waals surface area contributed by atoms with Crippen LogP contribution in [0.4, 0.5) is 5.69 Å². The Labute approximate surface area is 142 Å². The van der Waals surface area contributed by atoms with Crippen molar-refractivity contribution < 1.29 is 13.9 Å². The van der Waals surface area contributed by atoms with E-state index in [1.807, 2.05) is 49.4 Å². The Morgan fingerprint density at radius 2 is 2.04 bits per heavy atom. The monoisotopic (exact) mass is 373 g/mol. The van der Waals surface area contributed by atoms with Gasteiger partial charge in [-0.15, -0.1) is 0 Å². The minimum atomic E-state index is -0.277. The van der Waals surface area contributed by atoms with Gasteiger partial charge in [-0.3, -0.25) is 4.79 Å². The number of benzene rings is 2. The lowest BCUT2D eigenvalue weighted by molar-refractivity contribution is 0.0998. The Hall–Kier alpha value is -2.11. The molecule has 1 heterocycles. The fraction of sp³-hybridized carbons (Fsp3) is 0.167. The largest absolute Gasteiger partial charge is 0.451 e. The highest BCUT2D eigenvalue weighted by Gasteiger charge is 2.14. The second-order valence-electron chi connectivity index (χ2n) is 5.04. The number of hydrogen-bond donors (Lipinski definition) is 1. The van der Waals surface area contributed by atoms with Crippen LogP contribution in [0, 0.1) is 0 Å². The van der Waals surface area contributed by atoms with Crippen molar-refractivity contribution in [2.75, 3.05) is 11.9 Å². The molecule has 0 fully saturated rings. The van der Waals surface area contributed by atoms with Crippen molar-refractivity contribution in [3.63, 3.8) is 0 Å². The molecular weight excluding hydrogens is 358 g/mol.